The second-order valence-corrected chi connectivity index (χ2v) is 10.1. The molecule has 0 unspecified atom stereocenters. The zero-order valence-corrected chi connectivity index (χ0v) is 20.2. The van der Waals surface area contributed by atoms with Crippen molar-refractivity contribution in [2.75, 3.05) is 44.2 Å². The number of benzene rings is 1. The Morgan fingerprint density at radius 1 is 0.970 bits per heavy atom. The Morgan fingerprint density at radius 3 is 2.45 bits per heavy atom. The van der Waals surface area contributed by atoms with Gasteiger partial charge in [0.05, 0.1) is 11.0 Å². The summed E-state index contributed by atoms with van der Waals surface area (Å²) >= 11 is 6.14. The van der Waals surface area contributed by atoms with E-state index in [1.165, 1.54) is 55.9 Å². The molecule has 0 spiro atoms. The van der Waals surface area contributed by atoms with Crippen LogP contribution in [0.3, 0.4) is 0 Å². The minimum Gasteiger partial charge on any atom is -0.355 e. The lowest BCUT2D eigenvalue weighted by Gasteiger charge is -2.33. The maximum atomic E-state index is 6.14. The Hall–Kier alpha value is -2.08. The van der Waals surface area contributed by atoms with Crippen LogP contribution >= 0.6 is 11.6 Å². The van der Waals surface area contributed by atoms with Gasteiger partial charge in [-0.25, -0.2) is 4.68 Å². The van der Waals surface area contributed by atoms with Crippen molar-refractivity contribution >= 4 is 29.6 Å². The van der Waals surface area contributed by atoms with Crippen molar-refractivity contribution in [2.24, 2.45) is 11.8 Å². The van der Waals surface area contributed by atoms with Crippen molar-refractivity contribution < 1.29 is 0 Å². The summed E-state index contributed by atoms with van der Waals surface area (Å²) in [4.78, 5) is 2.49. The van der Waals surface area contributed by atoms with Crippen LogP contribution in [0.2, 0.25) is 5.02 Å². The first-order valence-electron chi connectivity index (χ1n) is 12.7. The van der Waals surface area contributed by atoms with Gasteiger partial charge in [0.15, 0.2) is 5.82 Å². The van der Waals surface area contributed by atoms with Crippen LogP contribution < -0.4 is 26.1 Å². The van der Waals surface area contributed by atoms with Crippen molar-refractivity contribution in [1.29, 1.82) is 0 Å². The molecule has 1 aliphatic carbocycles. The molecule has 0 radical (unpaired) electrons. The molecule has 0 atom stereocenters. The van der Waals surface area contributed by atoms with E-state index in [0.717, 1.165) is 60.8 Å². The molecule has 2 N–H and O–H groups in total. The number of allylic oxidation sites excluding steroid dienone is 2. The van der Waals surface area contributed by atoms with Crippen molar-refractivity contribution in [1.82, 2.24) is 20.4 Å². The van der Waals surface area contributed by atoms with Crippen molar-refractivity contribution in [3.05, 3.63) is 52.0 Å². The third-order valence-corrected chi connectivity index (χ3v) is 7.57. The lowest BCUT2D eigenvalue weighted by Crippen LogP contribution is -2.41. The van der Waals surface area contributed by atoms with Crippen molar-refractivity contribution in [3.63, 3.8) is 0 Å². The third-order valence-electron chi connectivity index (χ3n) is 7.32. The highest BCUT2D eigenvalue weighted by molar-refractivity contribution is 6.30. The van der Waals surface area contributed by atoms with E-state index in [2.05, 4.69) is 56.7 Å². The summed E-state index contributed by atoms with van der Waals surface area (Å²) in [6.45, 7) is 6.83. The minimum atomic E-state index is 0.753. The van der Waals surface area contributed by atoms with Crippen molar-refractivity contribution in [2.45, 2.75) is 38.5 Å². The molecule has 2 fully saturated rings. The molecule has 1 aromatic carbocycles. The second-order valence-electron chi connectivity index (χ2n) is 9.67. The Morgan fingerprint density at radius 2 is 1.70 bits per heavy atom. The van der Waals surface area contributed by atoms with Gasteiger partial charge in [-0.2, -0.15) is 0 Å². The van der Waals surface area contributed by atoms with Gasteiger partial charge in [0.1, 0.15) is 0 Å². The number of piperidine rings is 2. The molecule has 5 rings (SSSR count). The summed E-state index contributed by atoms with van der Waals surface area (Å²) in [6, 6.07) is 8.00. The molecule has 2 saturated heterocycles. The van der Waals surface area contributed by atoms with E-state index in [4.69, 9.17) is 16.7 Å². The van der Waals surface area contributed by atoms with E-state index >= 15 is 0 Å². The maximum Gasteiger partial charge on any atom is 0.158 e. The number of hydrogen-bond acceptors (Lipinski definition) is 4. The zero-order chi connectivity index (χ0) is 22.5. The van der Waals surface area contributed by atoms with Crippen LogP contribution in [-0.2, 0) is 0 Å². The molecule has 176 valence electrons. The number of nitrogens with zero attached hydrogens (tertiary/aromatic N) is 3. The molecular weight excluding hydrogens is 430 g/mol. The standard InChI is InChI=1S/C27H36ClN5/c28-23-7-9-24(10-8-23)33-26-6-4-2-1-3-5-25(26)27(31-33)32-17-13-22(14-18-32)20-30-19-21-11-15-29-16-12-21/h1,3,5-10,21-22,29-30H,2,4,11-20H2/b3-1-,25-5+,26-6+. The predicted molar refractivity (Wildman–Crippen MR) is 139 cm³/mol. The summed E-state index contributed by atoms with van der Waals surface area (Å²) < 4.78 is 2.10. The predicted octanol–water partition coefficient (Wildman–Crippen LogP) is 3.24. The van der Waals surface area contributed by atoms with Crippen LogP contribution in [0.1, 0.15) is 38.5 Å². The maximum absolute atomic E-state index is 6.14. The fourth-order valence-corrected chi connectivity index (χ4v) is 5.43. The Kier molecular flexibility index (Phi) is 7.50. The Balaban J connectivity index is 1.29. The van der Waals surface area contributed by atoms with Gasteiger partial charge in [-0.1, -0.05) is 29.8 Å². The molecule has 5 nitrogen and oxygen atoms in total. The van der Waals surface area contributed by atoms with Gasteiger partial charge < -0.3 is 15.5 Å². The SMILES string of the molecule is Clc1ccc(-n2nc(N3CCC(CNCC4CCNCC4)CC3)c3/c2=C\CC/C=C\C=3)cc1. The molecule has 0 bridgehead atoms. The largest absolute Gasteiger partial charge is 0.355 e. The number of hydrogen-bond donors (Lipinski definition) is 2. The minimum absolute atomic E-state index is 0.753. The summed E-state index contributed by atoms with van der Waals surface area (Å²) in [5.41, 5.74) is 1.06. The highest BCUT2D eigenvalue weighted by Crippen LogP contribution is 2.21. The van der Waals surface area contributed by atoms with E-state index in [0.29, 0.717) is 0 Å². The van der Waals surface area contributed by atoms with Gasteiger partial charge >= 0.3 is 0 Å². The Bertz CT molecular complexity index is 1060. The summed E-state index contributed by atoms with van der Waals surface area (Å²) in [5.74, 6) is 2.73. The van der Waals surface area contributed by atoms with Crippen LogP contribution in [0.5, 0.6) is 0 Å². The van der Waals surface area contributed by atoms with E-state index in [-0.39, 0.29) is 0 Å². The van der Waals surface area contributed by atoms with Crippen LogP contribution in [0.4, 0.5) is 5.82 Å². The number of nitrogens with one attached hydrogen (secondary N) is 2. The van der Waals surface area contributed by atoms with Gasteiger partial charge in [0, 0.05) is 23.3 Å². The molecule has 2 aromatic rings. The van der Waals surface area contributed by atoms with Gasteiger partial charge in [0.2, 0.25) is 0 Å². The molecule has 3 heterocycles. The molecule has 0 amide bonds. The van der Waals surface area contributed by atoms with Gasteiger partial charge in [0.25, 0.3) is 0 Å². The van der Waals surface area contributed by atoms with E-state index in [1.54, 1.807) is 0 Å². The molecule has 6 heteroatoms. The zero-order valence-electron chi connectivity index (χ0n) is 19.5. The number of fused-ring (bicyclic) bond motifs is 1. The van der Waals surface area contributed by atoms with Crippen LogP contribution in [0.15, 0.2) is 36.4 Å². The smallest absolute Gasteiger partial charge is 0.158 e. The van der Waals surface area contributed by atoms with Gasteiger partial charge in [-0.3, -0.25) is 0 Å². The summed E-state index contributed by atoms with van der Waals surface area (Å²) in [5, 5.41) is 15.6. The topological polar surface area (TPSA) is 45.1 Å². The van der Waals surface area contributed by atoms with Gasteiger partial charge in [-0.15, -0.1) is 5.10 Å². The van der Waals surface area contributed by atoms with E-state index in [1.807, 2.05) is 12.1 Å². The second kappa shape index (κ2) is 10.9. The van der Waals surface area contributed by atoms with E-state index in [9.17, 15) is 0 Å². The number of rotatable bonds is 6. The quantitative estimate of drug-likeness (QED) is 0.687. The molecule has 1 aromatic heterocycles. The molecular formula is C27H36ClN5. The fourth-order valence-electron chi connectivity index (χ4n) is 5.30. The molecule has 0 saturated carbocycles. The lowest BCUT2D eigenvalue weighted by molar-refractivity contribution is 0.327. The normalized spacial score (nSPS) is 23.0. The summed E-state index contributed by atoms with van der Waals surface area (Å²) in [7, 11) is 0. The van der Waals surface area contributed by atoms with Gasteiger partial charge in [-0.05, 0) is 107 Å². The monoisotopic (exact) mass is 465 g/mol. The fraction of sp³-hybridized carbons (Fsp3) is 0.519. The molecule has 3 aliphatic rings. The number of halogens is 1. The average Bonchev–Trinajstić information content (AvgIpc) is 3.17. The van der Waals surface area contributed by atoms with Crippen LogP contribution in [-0.4, -0.2) is 49.0 Å². The first-order chi connectivity index (χ1) is 16.3. The highest BCUT2D eigenvalue weighted by atomic mass is 35.5. The molecule has 2 aliphatic heterocycles. The summed E-state index contributed by atoms with van der Waals surface area (Å²) in [6.07, 6.45) is 16.2. The highest BCUT2D eigenvalue weighted by Gasteiger charge is 2.23. The number of anilines is 1. The Labute approximate surface area is 202 Å². The molecule has 33 heavy (non-hydrogen) atoms. The van der Waals surface area contributed by atoms with Crippen LogP contribution in [0.25, 0.3) is 17.8 Å². The first-order valence-corrected chi connectivity index (χ1v) is 13.0. The van der Waals surface area contributed by atoms with E-state index < -0.39 is 0 Å². The lowest BCUT2D eigenvalue weighted by atomic mass is 9.95. The van der Waals surface area contributed by atoms with Crippen molar-refractivity contribution in [3.8, 4) is 5.69 Å². The average molecular weight is 466 g/mol. The third kappa shape index (κ3) is 5.53. The number of aromatic nitrogens is 2. The first kappa shape index (κ1) is 22.7. The van der Waals surface area contributed by atoms with Crippen LogP contribution in [0, 0.1) is 11.8 Å².